The molecular formula is C24H30ClF3N6O2. The van der Waals surface area contributed by atoms with E-state index in [9.17, 15) is 18.0 Å². The molecule has 2 aliphatic heterocycles. The molecular weight excluding hydrogens is 497 g/mol. The van der Waals surface area contributed by atoms with Crippen molar-refractivity contribution in [3.05, 3.63) is 58.9 Å². The number of hydrogen-bond donors (Lipinski definition) is 0. The average Bonchev–Trinajstić information content (AvgIpc) is 3.27. The van der Waals surface area contributed by atoms with Gasteiger partial charge in [0, 0.05) is 50.1 Å². The van der Waals surface area contributed by atoms with Crippen LogP contribution in [0.1, 0.15) is 18.2 Å². The van der Waals surface area contributed by atoms with Crippen molar-refractivity contribution in [3.63, 3.8) is 0 Å². The number of piperazine rings is 1. The lowest BCUT2D eigenvalue weighted by Crippen LogP contribution is -2.44. The van der Waals surface area contributed by atoms with E-state index in [-0.39, 0.29) is 12.4 Å². The lowest BCUT2D eigenvalue weighted by Gasteiger charge is -2.31. The summed E-state index contributed by atoms with van der Waals surface area (Å²) in [6.45, 7) is 8.63. The summed E-state index contributed by atoms with van der Waals surface area (Å²) in [6.07, 6.45) is -4.67. The second kappa shape index (κ2) is 12.4. The molecule has 4 rings (SSSR count). The summed E-state index contributed by atoms with van der Waals surface area (Å²) in [4.78, 5) is 21.8. The fraction of sp³-hybridized carbons (Fsp3) is 0.458. The van der Waals surface area contributed by atoms with Gasteiger partial charge in [0.2, 0.25) is 12.3 Å². The third-order valence-electron chi connectivity index (χ3n) is 5.82. The van der Waals surface area contributed by atoms with Crippen molar-refractivity contribution >= 4 is 29.6 Å². The Morgan fingerprint density at radius 1 is 1.11 bits per heavy atom. The Kier molecular flexibility index (Phi) is 9.52. The first-order valence-electron chi connectivity index (χ1n) is 11.5. The molecule has 0 bridgehead atoms. The molecule has 2 aromatic rings. The van der Waals surface area contributed by atoms with Crippen LogP contribution in [0.4, 0.5) is 18.9 Å². The molecule has 36 heavy (non-hydrogen) atoms. The molecule has 1 fully saturated rings. The molecule has 12 heteroatoms. The Balaban J connectivity index is 0.000000338. The predicted molar refractivity (Wildman–Crippen MR) is 133 cm³/mol. The van der Waals surface area contributed by atoms with Gasteiger partial charge >= 0.3 is 6.18 Å². The van der Waals surface area contributed by atoms with E-state index < -0.39 is 12.4 Å². The molecule has 1 aromatic heterocycles. The van der Waals surface area contributed by atoms with Crippen LogP contribution in [0.15, 0.2) is 47.7 Å². The molecule has 1 amide bonds. The summed E-state index contributed by atoms with van der Waals surface area (Å²) in [5.41, 5.74) is 1.49. The van der Waals surface area contributed by atoms with Crippen LogP contribution in [0.5, 0.6) is 0 Å². The zero-order valence-corrected chi connectivity index (χ0v) is 21.2. The quantitative estimate of drug-likeness (QED) is 0.535. The molecule has 1 aromatic carbocycles. The Bertz CT molecular complexity index is 1010. The first kappa shape index (κ1) is 27.7. The summed E-state index contributed by atoms with van der Waals surface area (Å²) in [5, 5.41) is 5.01. The van der Waals surface area contributed by atoms with Crippen LogP contribution in [0.2, 0.25) is 5.02 Å². The Morgan fingerprint density at radius 3 is 2.28 bits per heavy atom. The van der Waals surface area contributed by atoms with Crippen LogP contribution in [0, 0.1) is 0 Å². The van der Waals surface area contributed by atoms with Gasteiger partial charge in [-0.15, -0.1) is 5.10 Å². The van der Waals surface area contributed by atoms with Crippen molar-refractivity contribution in [2.24, 2.45) is 5.10 Å². The van der Waals surface area contributed by atoms with E-state index in [4.69, 9.17) is 16.3 Å². The molecule has 1 unspecified atom stereocenters. The number of hydrazone groups is 1. The number of aromatic nitrogens is 1. The number of halogens is 4. The minimum Gasteiger partial charge on any atom is -0.441 e. The molecule has 0 aliphatic carbocycles. The van der Waals surface area contributed by atoms with Gasteiger partial charge in [0.05, 0.1) is 17.8 Å². The topological polar surface area (TPSA) is 64.5 Å². The molecule has 0 spiro atoms. The summed E-state index contributed by atoms with van der Waals surface area (Å²) >= 11 is 5.83. The van der Waals surface area contributed by atoms with E-state index in [1.165, 1.54) is 50.9 Å². The summed E-state index contributed by atoms with van der Waals surface area (Å²) in [7, 11) is 3.37. The zero-order chi connectivity index (χ0) is 26.3. The second-order valence-electron chi connectivity index (χ2n) is 8.48. The van der Waals surface area contributed by atoms with Gasteiger partial charge in [-0.3, -0.25) is 9.78 Å². The fourth-order valence-electron chi connectivity index (χ4n) is 3.61. The van der Waals surface area contributed by atoms with E-state index in [1.807, 2.05) is 0 Å². The normalized spacial score (nSPS) is 18.7. The van der Waals surface area contributed by atoms with Crippen molar-refractivity contribution < 1.29 is 22.7 Å². The van der Waals surface area contributed by atoms with E-state index in [1.54, 1.807) is 36.4 Å². The SMILES string of the molecule is CCN1CCN(C)CC1.CN1N=C(c2ccc(CN(C=O)c3ccc(Cl)cc3)nc2)OC1C(F)(F)F. The molecule has 3 heterocycles. The predicted octanol–water partition coefficient (Wildman–Crippen LogP) is 3.66. The highest BCUT2D eigenvalue weighted by molar-refractivity contribution is 6.30. The lowest BCUT2D eigenvalue weighted by molar-refractivity contribution is -0.230. The Labute approximate surface area is 213 Å². The third kappa shape index (κ3) is 7.55. The number of hydrogen-bond acceptors (Lipinski definition) is 7. The maximum absolute atomic E-state index is 12.8. The van der Waals surface area contributed by atoms with Gasteiger partial charge in [0.1, 0.15) is 0 Å². The number of likely N-dealkylation sites (N-methyl/N-ethyl adjacent to an activating group) is 2. The van der Waals surface area contributed by atoms with Gasteiger partial charge < -0.3 is 19.4 Å². The van der Waals surface area contributed by atoms with Gasteiger partial charge in [-0.2, -0.15) is 13.2 Å². The number of alkyl halides is 3. The number of carbonyl (C=O) groups is 1. The second-order valence-corrected chi connectivity index (χ2v) is 8.91. The number of rotatable bonds is 6. The molecule has 2 aliphatic rings. The van der Waals surface area contributed by atoms with E-state index in [0.29, 0.717) is 33.4 Å². The maximum atomic E-state index is 12.8. The largest absolute Gasteiger partial charge is 0.447 e. The number of anilines is 1. The summed E-state index contributed by atoms with van der Waals surface area (Å²) in [6, 6.07) is 9.84. The Morgan fingerprint density at radius 2 is 1.78 bits per heavy atom. The number of nitrogens with zero attached hydrogens (tertiary/aromatic N) is 6. The average molecular weight is 527 g/mol. The lowest BCUT2D eigenvalue weighted by atomic mass is 10.2. The van der Waals surface area contributed by atoms with Crippen molar-refractivity contribution in [2.75, 3.05) is 51.7 Å². The van der Waals surface area contributed by atoms with E-state index in [2.05, 4.69) is 33.9 Å². The van der Waals surface area contributed by atoms with Crippen LogP contribution in [0.3, 0.4) is 0 Å². The zero-order valence-electron chi connectivity index (χ0n) is 20.5. The molecule has 196 valence electrons. The monoisotopic (exact) mass is 526 g/mol. The van der Waals surface area contributed by atoms with Gasteiger partial charge in [-0.1, -0.05) is 18.5 Å². The van der Waals surface area contributed by atoms with E-state index >= 15 is 0 Å². The number of benzene rings is 1. The fourth-order valence-corrected chi connectivity index (χ4v) is 3.74. The number of carbonyl (C=O) groups excluding carboxylic acids is 1. The minimum absolute atomic E-state index is 0.163. The summed E-state index contributed by atoms with van der Waals surface area (Å²) < 4.78 is 43.4. The molecule has 0 radical (unpaired) electrons. The molecule has 0 N–H and O–H groups in total. The maximum Gasteiger partial charge on any atom is 0.447 e. The standard InChI is InChI=1S/C17H14ClF3N4O2.C7H16N2/c1-24-16(17(19,20)21)27-15(23-24)11-2-5-13(22-8-11)9-25(10-26)14-6-3-12(18)4-7-14;1-3-9-6-4-8(2)5-7-9/h2-8,10,16H,9H2,1H3;3-7H2,1-2H3. The highest BCUT2D eigenvalue weighted by Gasteiger charge is 2.48. The smallest absolute Gasteiger partial charge is 0.441 e. The van der Waals surface area contributed by atoms with Crippen LogP contribution in [-0.2, 0) is 16.1 Å². The Hall–Kier alpha value is -2.89. The first-order valence-corrected chi connectivity index (χ1v) is 11.9. The van der Waals surface area contributed by atoms with Crippen LogP contribution in [0.25, 0.3) is 0 Å². The van der Waals surface area contributed by atoms with Gasteiger partial charge in [0.15, 0.2) is 0 Å². The number of pyridine rings is 1. The van der Waals surface area contributed by atoms with Crippen molar-refractivity contribution in [3.8, 4) is 0 Å². The molecule has 1 atom stereocenters. The van der Waals surface area contributed by atoms with Crippen molar-refractivity contribution in [1.82, 2.24) is 19.8 Å². The van der Waals surface area contributed by atoms with Crippen molar-refractivity contribution in [2.45, 2.75) is 25.9 Å². The van der Waals surface area contributed by atoms with Crippen LogP contribution < -0.4 is 4.90 Å². The molecule has 8 nitrogen and oxygen atoms in total. The molecule has 0 saturated carbocycles. The van der Waals surface area contributed by atoms with Gasteiger partial charge in [0.25, 0.3) is 6.23 Å². The minimum atomic E-state index is -4.56. The third-order valence-corrected chi connectivity index (χ3v) is 6.08. The van der Waals surface area contributed by atoms with Gasteiger partial charge in [-0.25, -0.2) is 5.01 Å². The summed E-state index contributed by atoms with van der Waals surface area (Å²) in [5.74, 6) is -0.163. The van der Waals surface area contributed by atoms with Crippen LogP contribution in [-0.4, -0.2) is 91.3 Å². The number of amides is 1. The first-order chi connectivity index (χ1) is 17.1. The van der Waals surface area contributed by atoms with Crippen LogP contribution >= 0.6 is 11.6 Å². The number of ether oxygens (including phenoxy) is 1. The molecule has 1 saturated heterocycles. The van der Waals surface area contributed by atoms with Gasteiger partial charge in [-0.05, 0) is 50.0 Å². The highest BCUT2D eigenvalue weighted by Crippen LogP contribution is 2.30. The van der Waals surface area contributed by atoms with E-state index in [0.717, 1.165) is 0 Å². The van der Waals surface area contributed by atoms with Crippen molar-refractivity contribution in [1.29, 1.82) is 0 Å². The highest BCUT2D eigenvalue weighted by atomic mass is 35.5.